The lowest BCUT2D eigenvalue weighted by Crippen LogP contribution is -2.37. The molecule has 3 nitrogen and oxygen atoms in total. The molecule has 0 saturated carbocycles. The van der Waals surface area contributed by atoms with Gasteiger partial charge in [0.15, 0.2) is 0 Å². The highest BCUT2D eigenvalue weighted by Gasteiger charge is 2.25. The molecule has 2 aromatic carbocycles. The van der Waals surface area contributed by atoms with Crippen LogP contribution in [0.25, 0.3) is 0 Å². The molecule has 0 bridgehead atoms. The first kappa shape index (κ1) is 18.4. The summed E-state index contributed by atoms with van der Waals surface area (Å²) in [7, 11) is 0. The summed E-state index contributed by atoms with van der Waals surface area (Å²) < 4.78 is 1.06. The summed E-state index contributed by atoms with van der Waals surface area (Å²) in [4.78, 5) is 14.9. The quantitative estimate of drug-likeness (QED) is 0.730. The highest BCUT2D eigenvalue weighted by Crippen LogP contribution is 2.24. The Bertz CT molecular complexity index is 740. The van der Waals surface area contributed by atoms with Crippen LogP contribution < -0.4 is 5.32 Å². The lowest BCUT2D eigenvalue weighted by Gasteiger charge is -2.31. The van der Waals surface area contributed by atoms with Crippen molar-refractivity contribution in [3.05, 3.63) is 63.1 Å². The number of hydrogen-bond acceptors (Lipinski definition) is 2. The Kier molecular flexibility index (Phi) is 6.15. The van der Waals surface area contributed by atoms with Crippen LogP contribution in [-0.2, 0) is 11.3 Å². The molecule has 0 spiro atoms. The molecule has 1 aliphatic rings. The summed E-state index contributed by atoms with van der Waals surface area (Å²) >= 11 is 9.42. The van der Waals surface area contributed by atoms with E-state index >= 15 is 0 Å². The zero-order valence-electron chi connectivity index (χ0n) is 14.3. The van der Waals surface area contributed by atoms with Crippen molar-refractivity contribution < 1.29 is 4.79 Å². The van der Waals surface area contributed by atoms with E-state index in [1.54, 1.807) is 0 Å². The minimum absolute atomic E-state index is 0.0884. The van der Waals surface area contributed by atoms with Gasteiger partial charge in [0.1, 0.15) is 0 Å². The number of benzene rings is 2. The molecule has 1 heterocycles. The normalized spacial score (nSPS) is 16.0. The molecule has 2 aromatic rings. The molecular weight excluding hydrogens is 400 g/mol. The van der Waals surface area contributed by atoms with Crippen LogP contribution in [0.5, 0.6) is 0 Å². The number of carbonyl (C=O) groups excluding carboxylic acids is 1. The number of carbonyl (C=O) groups is 1. The van der Waals surface area contributed by atoms with Crippen molar-refractivity contribution in [2.45, 2.75) is 26.3 Å². The Labute approximate surface area is 162 Å². The van der Waals surface area contributed by atoms with E-state index in [-0.39, 0.29) is 11.8 Å². The summed E-state index contributed by atoms with van der Waals surface area (Å²) in [5, 5.41) is 3.82. The molecule has 132 valence electrons. The standard InChI is InChI=1S/C20H22BrClN2O/c1-14-12-18(6-7-19(14)21)23-20(25)16-8-10-24(11-9-16)13-15-2-4-17(22)5-3-15/h2-7,12,16H,8-11,13H2,1H3,(H,23,25). The van der Waals surface area contributed by atoms with Gasteiger partial charge in [-0.1, -0.05) is 39.7 Å². The van der Waals surface area contributed by atoms with Gasteiger partial charge in [0.2, 0.25) is 5.91 Å². The Morgan fingerprint density at radius 1 is 1.20 bits per heavy atom. The van der Waals surface area contributed by atoms with Crippen LogP contribution in [0.15, 0.2) is 46.9 Å². The third-order valence-corrected chi connectivity index (χ3v) is 5.85. The van der Waals surface area contributed by atoms with Crippen LogP contribution in [-0.4, -0.2) is 23.9 Å². The minimum atomic E-state index is 0.0884. The maximum Gasteiger partial charge on any atom is 0.227 e. The number of halogens is 2. The molecule has 3 rings (SSSR count). The molecule has 1 N–H and O–H groups in total. The molecule has 0 atom stereocenters. The predicted octanol–water partition coefficient (Wildman–Crippen LogP) is 5.26. The Hall–Kier alpha value is -1.36. The maximum atomic E-state index is 12.5. The van der Waals surface area contributed by atoms with Gasteiger partial charge in [0, 0.05) is 27.6 Å². The summed E-state index contributed by atoms with van der Waals surface area (Å²) in [6, 6.07) is 13.9. The van der Waals surface area contributed by atoms with Gasteiger partial charge >= 0.3 is 0 Å². The van der Waals surface area contributed by atoms with Gasteiger partial charge in [0.25, 0.3) is 0 Å². The molecule has 0 aliphatic carbocycles. The average molecular weight is 422 g/mol. The highest BCUT2D eigenvalue weighted by atomic mass is 79.9. The van der Waals surface area contributed by atoms with Gasteiger partial charge in [-0.2, -0.15) is 0 Å². The molecule has 5 heteroatoms. The number of nitrogens with zero attached hydrogens (tertiary/aromatic N) is 1. The van der Waals surface area contributed by atoms with E-state index in [0.29, 0.717) is 0 Å². The monoisotopic (exact) mass is 420 g/mol. The van der Waals surface area contributed by atoms with Crippen molar-refractivity contribution in [2.24, 2.45) is 5.92 Å². The minimum Gasteiger partial charge on any atom is -0.326 e. The molecule has 1 saturated heterocycles. The van der Waals surface area contributed by atoms with Crippen LogP contribution in [0.3, 0.4) is 0 Å². The zero-order chi connectivity index (χ0) is 17.8. The fourth-order valence-corrected chi connectivity index (χ4v) is 3.54. The zero-order valence-corrected chi connectivity index (χ0v) is 16.6. The van der Waals surface area contributed by atoms with E-state index in [0.717, 1.165) is 53.2 Å². The second-order valence-electron chi connectivity index (χ2n) is 6.63. The molecule has 1 fully saturated rings. The third kappa shape index (κ3) is 5.06. The van der Waals surface area contributed by atoms with Gasteiger partial charge in [-0.15, -0.1) is 0 Å². The number of anilines is 1. The van der Waals surface area contributed by atoms with Gasteiger partial charge in [-0.3, -0.25) is 9.69 Å². The molecule has 0 unspecified atom stereocenters. The number of hydrogen-bond donors (Lipinski definition) is 1. The fraction of sp³-hybridized carbons (Fsp3) is 0.350. The van der Waals surface area contributed by atoms with E-state index in [4.69, 9.17) is 11.6 Å². The third-order valence-electron chi connectivity index (χ3n) is 4.70. The van der Waals surface area contributed by atoms with Gasteiger partial charge in [-0.05, 0) is 74.3 Å². The number of nitrogens with one attached hydrogen (secondary N) is 1. The van der Waals surface area contributed by atoms with Gasteiger partial charge in [-0.25, -0.2) is 0 Å². The van der Waals surface area contributed by atoms with Crippen molar-refractivity contribution in [1.29, 1.82) is 0 Å². The second kappa shape index (κ2) is 8.35. The van der Waals surface area contributed by atoms with Crippen molar-refractivity contribution >= 4 is 39.1 Å². The largest absolute Gasteiger partial charge is 0.326 e. The van der Waals surface area contributed by atoms with Crippen molar-refractivity contribution in [1.82, 2.24) is 4.90 Å². The van der Waals surface area contributed by atoms with Crippen LogP contribution >= 0.6 is 27.5 Å². The van der Waals surface area contributed by atoms with Gasteiger partial charge < -0.3 is 5.32 Å². The van der Waals surface area contributed by atoms with Crippen molar-refractivity contribution in [2.75, 3.05) is 18.4 Å². The van der Waals surface area contributed by atoms with Crippen LogP contribution in [0.2, 0.25) is 5.02 Å². The first-order valence-corrected chi connectivity index (χ1v) is 9.72. The van der Waals surface area contributed by atoms with E-state index in [9.17, 15) is 4.79 Å². The first-order valence-electron chi connectivity index (χ1n) is 8.55. The summed E-state index contributed by atoms with van der Waals surface area (Å²) in [6.45, 7) is 4.83. The molecular formula is C20H22BrClN2O. The average Bonchev–Trinajstić information content (AvgIpc) is 2.61. The van der Waals surface area contributed by atoms with Crippen molar-refractivity contribution in [3.63, 3.8) is 0 Å². The van der Waals surface area contributed by atoms with E-state index in [2.05, 4.69) is 38.3 Å². The topological polar surface area (TPSA) is 32.3 Å². The molecule has 0 radical (unpaired) electrons. The second-order valence-corrected chi connectivity index (χ2v) is 7.92. The number of aryl methyl sites for hydroxylation is 1. The molecule has 1 amide bonds. The Morgan fingerprint density at radius 2 is 1.88 bits per heavy atom. The molecule has 0 aromatic heterocycles. The van der Waals surface area contributed by atoms with Crippen LogP contribution in [0.4, 0.5) is 5.69 Å². The summed E-state index contributed by atoms with van der Waals surface area (Å²) in [5.41, 5.74) is 3.25. The summed E-state index contributed by atoms with van der Waals surface area (Å²) in [5.74, 6) is 0.221. The van der Waals surface area contributed by atoms with E-state index < -0.39 is 0 Å². The maximum absolute atomic E-state index is 12.5. The Balaban J connectivity index is 1.50. The molecule has 1 aliphatic heterocycles. The highest BCUT2D eigenvalue weighted by molar-refractivity contribution is 9.10. The number of likely N-dealkylation sites (tertiary alicyclic amines) is 1. The first-order chi connectivity index (χ1) is 12.0. The Morgan fingerprint density at radius 3 is 2.52 bits per heavy atom. The smallest absolute Gasteiger partial charge is 0.227 e. The SMILES string of the molecule is Cc1cc(NC(=O)C2CCN(Cc3ccc(Cl)cc3)CC2)ccc1Br. The number of amides is 1. The van der Waals surface area contributed by atoms with Crippen LogP contribution in [0.1, 0.15) is 24.0 Å². The number of piperidine rings is 1. The lowest BCUT2D eigenvalue weighted by molar-refractivity contribution is -0.121. The van der Waals surface area contributed by atoms with E-state index in [1.807, 2.05) is 37.3 Å². The van der Waals surface area contributed by atoms with Crippen molar-refractivity contribution in [3.8, 4) is 0 Å². The lowest BCUT2D eigenvalue weighted by atomic mass is 9.95. The van der Waals surface area contributed by atoms with Gasteiger partial charge in [0.05, 0.1) is 0 Å². The van der Waals surface area contributed by atoms with E-state index in [1.165, 1.54) is 5.56 Å². The summed E-state index contributed by atoms with van der Waals surface area (Å²) in [6.07, 6.45) is 1.80. The number of rotatable bonds is 4. The fourth-order valence-electron chi connectivity index (χ4n) is 3.17. The molecule has 25 heavy (non-hydrogen) atoms. The predicted molar refractivity (Wildman–Crippen MR) is 107 cm³/mol. The van der Waals surface area contributed by atoms with Crippen LogP contribution in [0, 0.1) is 12.8 Å².